The average molecular weight is 301 g/mol. The van der Waals surface area contributed by atoms with E-state index in [4.69, 9.17) is 5.73 Å². The molecule has 1 saturated heterocycles. The lowest BCUT2D eigenvalue weighted by Crippen LogP contribution is -2.19. The SMILES string of the molecule is Cc1cn(N=Cc2cc(F)c(N3CCCC3)cc2C)c(N)n1. The largest absolute Gasteiger partial charge is 0.369 e. The van der Waals surface area contributed by atoms with Gasteiger partial charge in [0.2, 0.25) is 5.95 Å². The van der Waals surface area contributed by atoms with Crippen molar-refractivity contribution in [3.8, 4) is 0 Å². The minimum absolute atomic E-state index is 0.205. The van der Waals surface area contributed by atoms with Crippen LogP contribution in [-0.4, -0.2) is 29.0 Å². The van der Waals surface area contributed by atoms with E-state index in [1.165, 1.54) is 10.7 Å². The van der Waals surface area contributed by atoms with E-state index in [9.17, 15) is 4.39 Å². The van der Waals surface area contributed by atoms with Crippen molar-refractivity contribution in [2.45, 2.75) is 26.7 Å². The van der Waals surface area contributed by atoms with E-state index in [-0.39, 0.29) is 5.82 Å². The van der Waals surface area contributed by atoms with Crippen molar-refractivity contribution < 1.29 is 4.39 Å². The molecule has 1 fully saturated rings. The maximum absolute atomic E-state index is 14.3. The van der Waals surface area contributed by atoms with Crippen molar-refractivity contribution in [1.29, 1.82) is 0 Å². The molecule has 0 bridgehead atoms. The van der Waals surface area contributed by atoms with Crippen LogP contribution in [0.4, 0.5) is 16.0 Å². The predicted octanol–water partition coefficient (Wildman–Crippen LogP) is 2.70. The average Bonchev–Trinajstić information content (AvgIpc) is 3.09. The molecule has 5 nitrogen and oxygen atoms in total. The van der Waals surface area contributed by atoms with Gasteiger partial charge in [-0.1, -0.05) is 0 Å². The van der Waals surface area contributed by atoms with E-state index in [1.54, 1.807) is 12.4 Å². The fraction of sp³-hybridized carbons (Fsp3) is 0.375. The molecule has 1 aromatic heterocycles. The van der Waals surface area contributed by atoms with Crippen LogP contribution in [-0.2, 0) is 0 Å². The second kappa shape index (κ2) is 5.79. The summed E-state index contributed by atoms with van der Waals surface area (Å²) in [5, 5.41) is 4.25. The van der Waals surface area contributed by atoms with Gasteiger partial charge in [0, 0.05) is 18.7 Å². The van der Waals surface area contributed by atoms with Crippen LogP contribution in [0.15, 0.2) is 23.4 Å². The molecule has 0 saturated carbocycles. The first-order valence-electron chi connectivity index (χ1n) is 7.45. The van der Waals surface area contributed by atoms with Gasteiger partial charge in [0.1, 0.15) is 5.82 Å². The Kier molecular flexibility index (Phi) is 3.83. The number of nitrogen functional groups attached to an aromatic ring is 1. The number of anilines is 2. The summed E-state index contributed by atoms with van der Waals surface area (Å²) in [6.07, 6.45) is 5.60. The second-order valence-corrected chi connectivity index (χ2v) is 5.68. The summed E-state index contributed by atoms with van der Waals surface area (Å²) in [7, 11) is 0. The van der Waals surface area contributed by atoms with Crippen LogP contribution in [0.3, 0.4) is 0 Å². The molecular formula is C16H20FN5. The van der Waals surface area contributed by atoms with E-state index >= 15 is 0 Å². The summed E-state index contributed by atoms with van der Waals surface area (Å²) in [5.41, 5.74) is 8.95. The maximum atomic E-state index is 14.3. The Labute approximate surface area is 129 Å². The molecule has 1 aliphatic heterocycles. The summed E-state index contributed by atoms with van der Waals surface area (Å²) in [6, 6.07) is 3.43. The van der Waals surface area contributed by atoms with Gasteiger partial charge in [-0.3, -0.25) is 0 Å². The van der Waals surface area contributed by atoms with Crippen molar-refractivity contribution in [2.24, 2.45) is 5.10 Å². The molecule has 0 radical (unpaired) electrons. The monoisotopic (exact) mass is 301 g/mol. The zero-order valence-corrected chi connectivity index (χ0v) is 12.9. The third-order valence-electron chi connectivity index (χ3n) is 3.94. The minimum Gasteiger partial charge on any atom is -0.369 e. The Hall–Kier alpha value is -2.37. The lowest BCUT2D eigenvalue weighted by molar-refractivity contribution is 0.622. The van der Waals surface area contributed by atoms with Gasteiger partial charge >= 0.3 is 0 Å². The highest BCUT2D eigenvalue weighted by Gasteiger charge is 2.17. The van der Waals surface area contributed by atoms with Crippen molar-refractivity contribution in [2.75, 3.05) is 23.7 Å². The molecule has 0 amide bonds. The molecule has 6 heteroatoms. The Balaban J connectivity index is 1.88. The smallest absolute Gasteiger partial charge is 0.221 e. The number of rotatable bonds is 3. The lowest BCUT2D eigenvalue weighted by atomic mass is 10.1. The quantitative estimate of drug-likeness (QED) is 0.887. The molecule has 2 heterocycles. The normalized spacial score (nSPS) is 15.1. The summed E-state index contributed by atoms with van der Waals surface area (Å²) >= 11 is 0. The molecule has 1 aliphatic rings. The van der Waals surface area contributed by atoms with Gasteiger partial charge in [-0.2, -0.15) is 5.10 Å². The predicted molar refractivity (Wildman–Crippen MR) is 87.0 cm³/mol. The number of nitrogens with two attached hydrogens (primary N) is 1. The van der Waals surface area contributed by atoms with E-state index in [1.807, 2.05) is 19.9 Å². The molecule has 2 aromatic rings. The lowest BCUT2D eigenvalue weighted by Gasteiger charge is -2.19. The molecule has 0 unspecified atom stereocenters. The van der Waals surface area contributed by atoms with Gasteiger partial charge in [0.15, 0.2) is 0 Å². The number of hydrogen-bond donors (Lipinski definition) is 1. The van der Waals surface area contributed by atoms with E-state index in [2.05, 4.69) is 15.0 Å². The van der Waals surface area contributed by atoms with Crippen LogP contribution in [0.5, 0.6) is 0 Å². The van der Waals surface area contributed by atoms with Crippen LogP contribution in [0.25, 0.3) is 0 Å². The summed E-state index contributed by atoms with van der Waals surface area (Å²) in [4.78, 5) is 6.17. The fourth-order valence-electron chi connectivity index (χ4n) is 2.74. The minimum atomic E-state index is -0.205. The number of aromatic nitrogens is 2. The number of benzene rings is 1. The Morgan fingerprint density at radius 2 is 2.00 bits per heavy atom. The first-order valence-corrected chi connectivity index (χ1v) is 7.45. The molecule has 3 rings (SSSR count). The van der Waals surface area contributed by atoms with Crippen LogP contribution >= 0.6 is 0 Å². The first kappa shape index (κ1) is 14.6. The second-order valence-electron chi connectivity index (χ2n) is 5.68. The molecule has 0 spiro atoms. The standard InChI is InChI=1S/C16H20FN5/c1-11-7-15(21-5-3-4-6-21)14(17)8-13(11)9-19-22-10-12(2)20-16(22)18/h7-10H,3-6H2,1-2H3,(H2,18,20). The highest BCUT2D eigenvalue weighted by molar-refractivity contribution is 5.82. The van der Waals surface area contributed by atoms with Crippen molar-refractivity contribution in [1.82, 2.24) is 9.66 Å². The molecular weight excluding hydrogens is 281 g/mol. The summed E-state index contributed by atoms with van der Waals surface area (Å²) in [5.74, 6) is 0.115. The number of hydrogen-bond acceptors (Lipinski definition) is 4. The van der Waals surface area contributed by atoms with E-state index < -0.39 is 0 Å². The van der Waals surface area contributed by atoms with Crippen LogP contribution in [0, 0.1) is 19.7 Å². The number of imidazole rings is 1. The van der Waals surface area contributed by atoms with Gasteiger partial charge in [-0.05, 0) is 44.4 Å². The molecule has 116 valence electrons. The van der Waals surface area contributed by atoms with Crippen molar-refractivity contribution in [3.05, 3.63) is 41.0 Å². The Morgan fingerprint density at radius 3 is 2.64 bits per heavy atom. The third-order valence-corrected chi connectivity index (χ3v) is 3.94. The highest BCUT2D eigenvalue weighted by Crippen LogP contribution is 2.26. The molecule has 1 aromatic carbocycles. The first-order chi connectivity index (χ1) is 10.5. The maximum Gasteiger partial charge on any atom is 0.221 e. The van der Waals surface area contributed by atoms with Crippen molar-refractivity contribution >= 4 is 17.9 Å². The zero-order valence-electron chi connectivity index (χ0n) is 12.9. The van der Waals surface area contributed by atoms with Gasteiger partial charge in [-0.15, -0.1) is 0 Å². The molecule has 0 atom stereocenters. The molecule has 2 N–H and O–H groups in total. The van der Waals surface area contributed by atoms with Gasteiger partial charge < -0.3 is 10.6 Å². The van der Waals surface area contributed by atoms with Crippen LogP contribution in [0.2, 0.25) is 0 Å². The van der Waals surface area contributed by atoms with Gasteiger partial charge in [-0.25, -0.2) is 14.1 Å². The summed E-state index contributed by atoms with van der Waals surface area (Å²) in [6.45, 7) is 5.66. The summed E-state index contributed by atoms with van der Waals surface area (Å²) < 4.78 is 15.8. The van der Waals surface area contributed by atoms with Gasteiger partial charge in [0.05, 0.1) is 23.8 Å². The van der Waals surface area contributed by atoms with Crippen LogP contribution < -0.4 is 10.6 Å². The fourth-order valence-corrected chi connectivity index (χ4v) is 2.74. The van der Waals surface area contributed by atoms with E-state index in [0.717, 1.165) is 42.8 Å². The third kappa shape index (κ3) is 2.81. The Morgan fingerprint density at radius 1 is 1.27 bits per heavy atom. The topological polar surface area (TPSA) is 59.4 Å². The van der Waals surface area contributed by atoms with Crippen molar-refractivity contribution in [3.63, 3.8) is 0 Å². The zero-order chi connectivity index (χ0) is 15.7. The Bertz CT molecular complexity index is 714. The number of aryl methyl sites for hydroxylation is 2. The van der Waals surface area contributed by atoms with Crippen LogP contribution in [0.1, 0.15) is 29.7 Å². The number of halogens is 1. The van der Waals surface area contributed by atoms with Gasteiger partial charge in [0.25, 0.3) is 0 Å². The highest BCUT2D eigenvalue weighted by atomic mass is 19.1. The van der Waals surface area contributed by atoms with E-state index in [0.29, 0.717) is 11.6 Å². The molecule has 22 heavy (non-hydrogen) atoms. The number of nitrogens with zero attached hydrogens (tertiary/aromatic N) is 4. The molecule has 0 aliphatic carbocycles.